The molecule has 0 aromatic rings. The highest BCUT2D eigenvalue weighted by atomic mass is 35.5. The zero-order valence-electron chi connectivity index (χ0n) is 2.35. The van der Waals surface area contributed by atoms with E-state index in [-0.39, 0.29) is 0 Å². The first-order chi connectivity index (χ1) is 2.27. The SMILES string of the molecule is N#CC(S)Cl. The van der Waals surface area contributed by atoms with Crippen LogP contribution in [-0.4, -0.2) is 4.71 Å². The van der Waals surface area contributed by atoms with Gasteiger partial charge in [-0.05, 0) is 0 Å². The van der Waals surface area contributed by atoms with E-state index in [0.29, 0.717) is 0 Å². The topological polar surface area (TPSA) is 23.8 Å². The second-order valence-electron chi connectivity index (χ2n) is 0.465. The van der Waals surface area contributed by atoms with E-state index < -0.39 is 4.71 Å². The maximum Gasteiger partial charge on any atom is 0.163 e. The Morgan fingerprint density at radius 2 is 2.20 bits per heavy atom. The summed E-state index contributed by atoms with van der Waals surface area (Å²) in [6, 6.07) is 1.66. The van der Waals surface area contributed by atoms with Gasteiger partial charge in [0.05, 0.1) is 6.07 Å². The predicted octanol–water partition coefficient (Wildman–Crippen LogP) is 1.00. The van der Waals surface area contributed by atoms with Crippen LogP contribution < -0.4 is 0 Å². The molecule has 0 radical (unpaired) electrons. The highest BCUT2D eigenvalue weighted by molar-refractivity contribution is 7.82. The van der Waals surface area contributed by atoms with Crippen LogP contribution in [-0.2, 0) is 0 Å². The molecule has 0 aliphatic carbocycles. The molecule has 28 valence electrons. The van der Waals surface area contributed by atoms with E-state index in [2.05, 4.69) is 12.6 Å². The van der Waals surface area contributed by atoms with Crippen molar-refractivity contribution in [3.8, 4) is 6.07 Å². The first kappa shape index (κ1) is 5.13. The number of nitriles is 1. The van der Waals surface area contributed by atoms with Crippen LogP contribution in [0.2, 0.25) is 0 Å². The Bertz CT molecular complexity index is 55.2. The summed E-state index contributed by atoms with van der Waals surface area (Å²) >= 11 is 8.47. The van der Waals surface area contributed by atoms with Crippen molar-refractivity contribution < 1.29 is 0 Å². The van der Waals surface area contributed by atoms with Crippen molar-refractivity contribution in [1.29, 1.82) is 5.26 Å². The summed E-state index contributed by atoms with van der Waals surface area (Å²) in [4.78, 5) is 0. The summed E-state index contributed by atoms with van der Waals surface area (Å²) in [6.45, 7) is 0. The quantitative estimate of drug-likeness (QED) is 0.363. The van der Waals surface area contributed by atoms with Crippen LogP contribution in [0.5, 0.6) is 0 Å². The molecule has 0 rings (SSSR count). The molecule has 3 heteroatoms. The van der Waals surface area contributed by atoms with Gasteiger partial charge in [-0.1, -0.05) is 11.6 Å². The summed E-state index contributed by atoms with van der Waals surface area (Å²) in [6.07, 6.45) is 0. The second-order valence-corrected chi connectivity index (χ2v) is 1.72. The molecular weight excluding hydrogens is 106 g/mol. The van der Waals surface area contributed by atoms with Crippen molar-refractivity contribution in [3.63, 3.8) is 0 Å². The minimum Gasteiger partial charge on any atom is -0.196 e. The maximum absolute atomic E-state index is 7.69. The smallest absolute Gasteiger partial charge is 0.163 e. The molecule has 0 aliphatic rings. The highest BCUT2D eigenvalue weighted by Crippen LogP contribution is 1.94. The van der Waals surface area contributed by atoms with E-state index in [1.807, 2.05) is 0 Å². The molecule has 0 heterocycles. The van der Waals surface area contributed by atoms with Gasteiger partial charge in [0.25, 0.3) is 0 Å². The summed E-state index contributed by atoms with van der Waals surface area (Å²) in [5.41, 5.74) is 0. The number of halogens is 1. The maximum atomic E-state index is 7.69. The lowest BCUT2D eigenvalue weighted by Crippen LogP contribution is -1.71. The Kier molecular flexibility index (Phi) is 2.43. The van der Waals surface area contributed by atoms with Gasteiger partial charge in [-0.2, -0.15) is 5.26 Å². The van der Waals surface area contributed by atoms with Gasteiger partial charge in [-0.15, -0.1) is 12.6 Å². The lowest BCUT2D eigenvalue weighted by Gasteiger charge is -1.72. The third-order valence-corrected chi connectivity index (χ3v) is 0.320. The minimum absolute atomic E-state index is 0.644. The first-order valence-corrected chi connectivity index (χ1v) is 1.94. The largest absolute Gasteiger partial charge is 0.196 e. The summed E-state index contributed by atoms with van der Waals surface area (Å²) in [5.74, 6) is 0. The molecule has 0 N–H and O–H groups in total. The average molecular weight is 108 g/mol. The molecule has 0 amide bonds. The fourth-order valence-corrected chi connectivity index (χ4v) is 0. The fraction of sp³-hybridized carbons (Fsp3) is 0.500. The number of hydrogen-bond acceptors (Lipinski definition) is 2. The molecule has 0 saturated carbocycles. The molecule has 0 fully saturated rings. The Morgan fingerprint density at radius 1 is 2.00 bits per heavy atom. The van der Waals surface area contributed by atoms with Gasteiger partial charge in [-0.3, -0.25) is 0 Å². The van der Waals surface area contributed by atoms with Gasteiger partial charge in [0, 0.05) is 0 Å². The molecule has 0 aliphatic heterocycles. The van der Waals surface area contributed by atoms with E-state index in [4.69, 9.17) is 16.9 Å². The Morgan fingerprint density at radius 3 is 2.20 bits per heavy atom. The number of thiol groups is 1. The van der Waals surface area contributed by atoms with Crippen LogP contribution in [0.15, 0.2) is 0 Å². The standard InChI is InChI=1S/C2H2ClNS/c3-2(5)1-4/h2,5H. The Hall–Kier alpha value is 0.130. The zero-order chi connectivity index (χ0) is 4.28. The molecule has 1 atom stereocenters. The van der Waals surface area contributed by atoms with Crippen LogP contribution in [0.3, 0.4) is 0 Å². The monoisotopic (exact) mass is 107 g/mol. The van der Waals surface area contributed by atoms with Crippen molar-refractivity contribution in [1.82, 2.24) is 0 Å². The van der Waals surface area contributed by atoms with Crippen LogP contribution in [0.1, 0.15) is 0 Å². The zero-order valence-corrected chi connectivity index (χ0v) is 4.00. The molecule has 1 unspecified atom stereocenters. The lowest BCUT2D eigenvalue weighted by atomic mass is 10.9. The van der Waals surface area contributed by atoms with Gasteiger partial charge < -0.3 is 0 Å². The molecular formula is C2H2ClNS. The van der Waals surface area contributed by atoms with Crippen LogP contribution in [0, 0.1) is 11.3 Å². The number of hydrogen-bond donors (Lipinski definition) is 1. The highest BCUT2D eigenvalue weighted by Gasteiger charge is 1.83. The van der Waals surface area contributed by atoms with Crippen molar-refractivity contribution in [2.75, 3.05) is 0 Å². The predicted molar refractivity (Wildman–Crippen MR) is 24.2 cm³/mol. The van der Waals surface area contributed by atoms with E-state index in [9.17, 15) is 0 Å². The molecule has 0 saturated heterocycles. The molecule has 1 nitrogen and oxygen atoms in total. The molecule has 0 spiro atoms. The Balaban J connectivity index is 2.94. The third-order valence-electron chi connectivity index (χ3n) is 0.107. The lowest BCUT2D eigenvalue weighted by molar-refractivity contribution is 1.47. The number of alkyl halides is 1. The third kappa shape index (κ3) is 4.13. The fourth-order valence-electron chi connectivity index (χ4n) is 0. The summed E-state index contributed by atoms with van der Waals surface area (Å²) < 4.78 is -0.644. The second kappa shape index (κ2) is 2.37. The van der Waals surface area contributed by atoms with Crippen molar-refractivity contribution >= 4 is 24.2 Å². The van der Waals surface area contributed by atoms with Crippen molar-refractivity contribution in [2.45, 2.75) is 4.71 Å². The van der Waals surface area contributed by atoms with E-state index in [0.717, 1.165) is 0 Å². The summed E-state index contributed by atoms with van der Waals surface area (Å²) in [7, 11) is 0. The minimum atomic E-state index is -0.644. The number of nitrogens with zero attached hydrogens (tertiary/aromatic N) is 1. The van der Waals surface area contributed by atoms with Gasteiger partial charge in [0.1, 0.15) is 0 Å². The van der Waals surface area contributed by atoms with Crippen LogP contribution >= 0.6 is 24.2 Å². The molecule has 0 bridgehead atoms. The molecule has 0 aromatic heterocycles. The molecule has 5 heavy (non-hydrogen) atoms. The van der Waals surface area contributed by atoms with Crippen molar-refractivity contribution in [2.24, 2.45) is 0 Å². The van der Waals surface area contributed by atoms with Gasteiger partial charge in [0.2, 0.25) is 0 Å². The summed E-state index contributed by atoms with van der Waals surface area (Å²) in [5, 5.41) is 7.69. The van der Waals surface area contributed by atoms with Crippen LogP contribution in [0.25, 0.3) is 0 Å². The van der Waals surface area contributed by atoms with Crippen molar-refractivity contribution in [3.05, 3.63) is 0 Å². The average Bonchev–Trinajstić information content (AvgIpc) is 1.38. The number of rotatable bonds is 0. The molecule has 0 aromatic carbocycles. The van der Waals surface area contributed by atoms with E-state index in [1.54, 1.807) is 6.07 Å². The van der Waals surface area contributed by atoms with Gasteiger partial charge in [0.15, 0.2) is 4.71 Å². The van der Waals surface area contributed by atoms with E-state index in [1.165, 1.54) is 0 Å². The van der Waals surface area contributed by atoms with Crippen LogP contribution in [0.4, 0.5) is 0 Å². The normalized spacial score (nSPS) is 13.0. The Labute approximate surface area is 41.0 Å². The van der Waals surface area contributed by atoms with E-state index >= 15 is 0 Å². The van der Waals surface area contributed by atoms with Gasteiger partial charge in [-0.25, -0.2) is 0 Å². The van der Waals surface area contributed by atoms with Gasteiger partial charge >= 0.3 is 0 Å². The first-order valence-electron chi connectivity index (χ1n) is 0.989.